The molecule has 2 amide bonds. The predicted octanol–water partition coefficient (Wildman–Crippen LogP) is 5.66. The molecule has 0 unspecified atom stereocenters. The summed E-state index contributed by atoms with van der Waals surface area (Å²) in [4.78, 5) is 12.2. The number of hydrogen-bond donors (Lipinski definition) is 2. The topological polar surface area (TPSA) is 50.4 Å². The van der Waals surface area contributed by atoms with Gasteiger partial charge in [0.25, 0.3) is 0 Å². The molecule has 2 aromatic rings. The van der Waals surface area contributed by atoms with E-state index in [-0.39, 0.29) is 12.1 Å². The van der Waals surface area contributed by atoms with Gasteiger partial charge in [0, 0.05) is 11.7 Å². The first-order chi connectivity index (χ1) is 13.7. The van der Waals surface area contributed by atoms with E-state index in [1.807, 2.05) is 0 Å². The fraction of sp³-hybridized carbons (Fsp3) is 0.381. The first-order valence-corrected chi connectivity index (χ1v) is 9.38. The van der Waals surface area contributed by atoms with Gasteiger partial charge in [0.2, 0.25) is 0 Å². The molecule has 0 atom stereocenters. The summed E-state index contributed by atoms with van der Waals surface area (Å²) in [6, 6.07) is 8.39. The van der Waals surface area contributed by atoms with E-state index >= 15 is 0 Å². The minimum Gasteiger partial charge on any atom is -0.490 e. The average molecular weight is 410 g/mol. The van der Waals surface area contributed by atoms with Gasteiger partial charge >= 0.3 is 12.2 Å². The number of ether oxygens (including phenoxy) is 1. The molecule has 0 spiro atoms. The van der Waals surface area contributed by atoms with Crippen molar-refractivity contribution in [1.82, 2.24) is 5.32 Å². The van der Waals surface area contributed by atoms with E-state index in [2.05, 4.69) is 10.6 Å². The highest BCUT2D eigenvalue weighted by Gasteiger charge is 2.30. The van der Waals surface area contributed by atoms with Gasteiger partial charge in [-0.25, -0.2) is 9.18 Å². The van der Waals surface area contributed by atoms with E-state index in [0.29, 0.717) is 37.1 Å². The molecule has 0 radical (unpaired) electrons. The smallest absolute Gasteiger partial charge is 0.416 e. The maximum Gasteiger partial charge on any atom is 0.416 e. The highest BCUT2D eigenvalue weighted by Crippen LogP contribution is 2.31. The van der Waals surface area contributed by atoms with Crippen molar-refractivity contribution in [2.75, 3.05) is 5.32 Å². The van der Waals surface area contributed by atoms with Crippen LogP contribution >= 0.6 is 0 Å². The fourth-order valence-corrected chi connectivity index (χ4v) is 3.31. The molecule has 1 saturated carbocycles. The minimum absolute atomic E-state index is 0.0451. The van der Waals surface area contributed by atoms with E-state index in [1.165, 1.54) is 24.3 Å². The molecule has 1 aliphatic rings. The van der Waals surface area contributed by atoms with Crippen molar-refractivity contribution in [3.63, 3.8) is 0 Å². The summed E-state index contributed by atoms with van der Waals surface area (Å²) in [6.45, 7) is 1.78. The second-order valence-electron chi connectivity index (χ2n) is 7.17. The second kappa shape index (κ2) is 8.71. The van der Waals surface area contributed by atoms with Crippen LogP contribution in [0.5, 0.6) is 5.75 Å². The number of urea groups is 1. The Morgan fingerprint density at radius 3 is 2.31 bits per heavy atom. The Hall–Kier alpha value is -2.77. The number of halogens is 4. The van der Waals surface area contributed by atoms with Crippen LogP contribution in [0, 0.1) is 12.7 Å². The lowest BCUT2D eigenvalue weighted by Gasteiger charge is -2.29. The lowest BCUT2D eigenvalue weighted by atomic mass is 9.93. The van der Waals surface area contributed by atoms with Gasteiger partial charge in [-0.3, -0.25) is 0 Å². The molecular weight excluding hydrogens is 388 g/mol. The van der Waals surface area contributed by atoms with Gasteiger partial charge < -0.3 is 15.4 Å². The number of hydrogen-bond acceptors (Lipinski definition) is 2. The number of rotatable bonds is 4. The number of nitrogens with one attached hydrogen (secondary N) is 2. The Labute approximate surface area is 166 Å². The van der Waals surface area contributed by atoms with Crippen LogP contribution in [-0.2, 0) is 6.18 Å². The largest absolute Gasteiger partial charge is 0.490 e. The molecule has 3 rings (SSSR count). The quantitative estimate of drug-likeness (QED) is 0.639. The molecule has 0 aromatic heterocycles. The molecular formula is C21H22F4N2O2. The summed E-state index contributed by atoms with van der Waals surface area (Å²) in [6.07, 6.45) is -1.77. The monoisotopic (exact) mass is 410 g/mol. The number of anilines is 1. The number of amides is 2. The van der Waals surface area contributed by atoms with E-state index < -0.39 is 23.6 Å². The molecule has 8 heteroatoms. The highest BCUT2D eigenvalue weighted by molar-refractivity contribution is 5.90. The van der Waals surface area contributed by atoms with Gasteiger partial charge in [-0.2, -0.15) is 13.2 Å². The maximum absolute atomic E-state index is 13.3. The number of carbonyl (C=O) groups is 1. The Morgan fingerprint density at radius 2 is 1.69 bits per heavy atom. The fourth-order valence-electron chi connectivity index (χ4n) is 3.31. The predicted molar refractivity (Wildman–Crippen MR) is 101 cm³/mol. The van der Waals surface area contributed by atoms with Crippen molar-refractivity contribution in [3.05, 3.63) is 59.4 Å². The molecule has 0 bridgehead atoms. The maximum atomic E-state index is 13.3. The third-order valence-electron chi connectivity index (χ3n) is 4.94. The minimum atomic E-state index is -4.37. The van der Waals surface area contributed by atoms with Gasteiger partial charge in [0.1, 0.15) is 11.6 Å². The molecule has 4 nitrogen and oxygen atoms in total. The zero-order chi connectivity index (χ0) is 21.0. The number of aryl methyl sites for hydroxylation is 1. The molecule has 2 N–H and O–H groups in total. The van der Waals surface area contributed by atoms with Crippen LogP contribution in [0.1, 0.15) is 36.8 Å². The SMILES string of the molecule is Cc1ccc(F)cc1NC(=O)NC1CCC(Oc2ccc(C(F)(F)F)cc2)CC1. The first-order valence-electron chi connectivity index (χ1n) is 9.38. The first kappa shape index (κ1) is 21.0. The normalized spacial score (nSPS) is 19.5. The van der Waals surface area contributed by atoms with Crippen molar-refractivity contribution in [3.8, 4) is 5.75 Å². The van der Waals surface area contributed by atoms with Crippen LogP contribution in [0.2, 0.25) is 0 Å². The molecule has 1 aliphatic carbocycles. The van der Waals surface area contributed by atoms with Crippen molar-refractivity contribution in [2.24, 2.45) is 0 Å². The Morgan fingerprint density at radius 1 is 1.03 bits per heavy atom. The summed E-state index contributed by atoms with van der Waals surface area (Å²) >= 11 is 0. The lowest BCUT2D eigenvalue weighted by Crippen LogP contribution is -2.41. The van der Waals surface area contributed by atoms with Gasteiger partial charge in [0.15, 0.2) is 0 Å². The Bertz CT molecular complexity index is 845. The van der Waals surface area contributed by atoms with Crippen LogP contribution in [0.4, 0.5) is 28.0 Å². The molecule has 0 aliphatic heterocycles. The van der Waals surface area contributed by atoms with Crippen molar-refractivity contribution in [1.29, 1.82) is 0 Å². The number of carbonyl (C=O) groups excluding carboxylic acids is 1. The molecule has 0 heterocycles. The molecule has 1 fully saturated rings. The van der Waals surface area contributed by atoms with Crippen LogP contribution in [-0.4, -0.2) is 18.2 Å². The van der Waals surface area contributed by atoms with Crippen molar-refractivity contribution >= 4 is 11.7 Å². The molecule has 29 heavy (non-hydrogen) atoms. The lowest BCUT2D eigenvalue weighted by molar-refractivity contribution is -0.137. The number of benzene rings is 2. The van der Waals surface area contributed by atoms with Crippen LogP contribution < -0.4 is 15.4 Å². The highest BCUT2D eigenvalue weighted by atomic mass is 19.4. The third kappa shape index (κ3) is 5.85. The molecule has 2 aromatic carbocycles. The zero-order valence-electron chi connectivity index (χ0n) is 15.9. The Balaban J connectivity index is 1.45. The molecule has 156 valence electrons. The zero-order valence-corrected chi connectivity index (χ0v) is 15.9. The summed E-state index contributed by atoms with van der Waals surface area (Å²) in [5.74, 6) is -0.0273. The van der Waals surface area contributed by atoms with E-state index in [1.54, 1.807) is 13.0 Å². The standard InChI is InChI=1S/C21H22F4N2O2/c1-13-2-5-15(22)12-19(13)27-20(28)26-16-6-10-18(11-7-16)29-17-8-3-14(4-9-17)21(23,24)25/h2-5,8-9,12,16,18H,6-7,10-11H2,1H3,(H2,26,27,28). The number of alkyl halides is 3. The summed E-state index contributed by atoms with van der Waals surface area (Å²) < 4.78 is 56.9. The van der Waals surface area contributed by atoms with E-state index in [9.17, 15) is 22.4 Å². The van der Waals surface area contributed by atoms with Crippen molar-refractivity contribution < 1.29 is 27.1 Å². The van der Waals surface area contributed by atoms with Gasteiger partial charge in [-0.15, -0.1) is 0 Å². The second-order valence-corrected chi connectivity index (χ2v) is 7.17. The summed E-state index contributed by atoms with van der Waals surface area (Å²) in [7, 11) is 0. The van der Waals surface area contributed by atoms with Gasteiger partial charge in [-0.1, -0.05) is 6.07 Å². The molecule has 0 saturated heterocycles. The van der Waals surface area contributed by atoms with E-state index in [0.717, 1.165) is 17.7 Å². The van der Waals surface area contributed by atoms with E-state index in [4.69, 9.17) is 4.74 Å². The summed E-state index contributed by atoms with van der Waals surface area (Å²) in [5, 5.41) is 5.52. The van der Waals surface area contributed by atoms with Gasteiger partial charge in [0.05, 0.1) is 11.7 Å². The van der Waals surface area contributed by atoms with Gasteiger partial charge in [-0.05, 0) is 74.6 Å². The summed E-state index contributed by atoms with van der Waals surface area (Å²) in [5.41, 5.74) is 0.467. The van der Waals surface area contributed by atoms with Crippen molar-refractivity contribution in [2.45, 2.75) is 50.9 Å². The average Bonchev–Trinajstić information content (AvgIpc) is 2.66. The third-order valence-corrected chi connectivity index (χ3v) is 4.94. The van der Waals surface area contributed by atoms with Crippen LogP contribution in [0.25, 0.3) is 0 Å². The van der Waals surface area contributed by atoms with Crippen LogP contribution in [0.3, 0.4) is 0 Å². The van der Waals surface area contributed by atoms with Crippen LogP contribution in [0.15, 0.2) is 42.5 Å². The Kier molecular flexibility index (Phi) is 6.30.